The van der Waals surface area contributed by atoms with E-state index in [-0.39, 0.29) is 5.82 Å². The molecule has 2 nitrogen and oxygen atoms in total. The molecule has 100 valence electrons. The van der Waals surface area contributed by atoms with Gasteiger partial charge in [-0.3, -0.25) is 9.80 Å². The molecule has 0 spiro atoms. The van der Waals surface area contributed by atoms with Gasteiger partial charge in [0, 0.05) is 47.9 Å². The van der Waals surface area contributed by atoms with Gasteiger partial charge < -0.3 is 0 Å². The van der Waals surface area contributed by atoms with Gasteiger partial charge in [-0.15, -0.1) is 0 Å². The zero-order chi connectivity index (χ0) is 13.1. The van der Waals surface area contributed by atoms with Gasteiger partial charge in [-0.1, -0.05) is 0 Å². The van der Waals surface area contributed by atoms with Crippen molar-refractivity contribution in [3.8, 4) is 0 Å². The highest BCUT2D eigenvalue weighted by Gasteiger charge is 2.19. The summed E-state index contributed by atoms with van der Waals surface area (Å²) in [6.07, 6.45) is 0. The predicted octanol–water partition coefficient (Wildman–Crippen LogP) is 2.96. The maximum atomic E-state index is 13.7. The Bertz CT molecular complexity index is 401. The molecule has 1 saturated heterocycles. The number of halogens is 2. The molecule has 0 unspecified atom stereocenters. The van der Waals surface area contributed by atoms with Crippen molar-refractivity contribution in [2.24, 2.45) is 0 Å². The van der Waals surface area contributed by atoms with Gasteiger partial charge in [-0.25, -0.2) is 4.39 Å². The summed E-state index contributed by atoms with van der Waals surface area (Å²) in [6, 6.07) is 5.95. The molecular weight excluding hydrogens is 342 g/mol. The summed E-state index contributed by atoms with van der Waals surface area (Å²) in [4.78, 5) is 4.81. The Morgan fingerprint density at radius 3 is 2.50 bits per heavy atom. The van der Waals surface area contributed by atoms with Crippen LogP contribution in [-0.4, -0.2) is 42.0 Å². The molecule has 1 aromatic rings. The summed E-state index contributed by atoms with van der Waals surface area (Å²) in [6.45, 7) is 9.43. The predicted molar refractivity (Wildman–Crippen MR) is 81.1 cm³/mol. The fraction of sp³-hybridized carbons (Fsp3) is 0.571. The topological polar surface area (TPSA) is 6.48 Å². The SMILES string of the molecule is CC(C)N1CCN(Cc2cc(I)ccc2F)CC1. The van der Waals surface area contributed by atoms with Gasteiger partial charge in [0.2, 0.25) is 0 Å². The third-order valence-electron chi connectivity index (χ3n) is 3.54. The second-order valence-electron chi connectivity index (χ2n) is 5.14. The summed E-state index contributed by atoms with van der Waals surface area (Å²) < 4.78 is 14.8. The van der Waals surface area contributed by atoms with Crippen LogP contribution in [0.4, 0.5) is 4.39 Å². The van der Waals surface area contributed by atoms with Gasteiger partial charge in [-0.2, -0.15) is 0 Å². The molecule has 0 bridgehead atoms. The normalized spacial score (nSPS) is 18.5. The Morgan fingerprint density at radius 1 is 1.22 bits per heavy atom. The number of hydrogen-bond donors (Lipinski definition) is 0. The molecule has 1 heterocycles. The number of benzene rings is 1. The summed E-state index contributed by atoms with van der Waals surface area (Å²) in [5.74, 6) is -0.0818. The number of nitrogens with zero attached hydrogens (tertiary/aromatic N) is 2. The van der Waals surface area contributed by atoms with Gasteiger partial charge in [-0.05, 0) is 54.6 Å². The lowest BCUT2D eigenvalue weighted by atomic mass is 10.1. The van der Waals surface area contributed by atoms with Crippen molar-refractivity contribution in [1.29, 1.82) is 0 Å². The minimum Gasteiger partial charge on any atom is -0.298 e. The molecule has 0 radical (unpaired) electrons. The van der Waals surface area contributed by atoms with E-state index < -0.39 is 0 Å². The lowest BCUT2D eigenvalue weighted by molar-refractivity contribution is 0.103. The fourth-order valence-corrected chi connectivity index (χ4v) is 2.90. The van der Waals surface area contributed by atoms with E-state index in [1.54, 1.807) is 6.07 Å². The Balaban J connectivity index is 1.93. The Labute approximate surface area is 122 Å². The summed E-state index contributed by atoms with van der Waals surface area (Å²) in [7, 11) is 0. The van der Waals surface area contributed by atoms with Gasteiger partial charge in [0.1, 0.15) is 5.82 Å². The molecule has 0 aliphatic carbocycles. The largest absolute Gasteiger partial charge is 0.298 e. The van der Waals surface area contributed by atoms with Crippen molar-refractivity contribution in [1.82, 2.24) is 9.80 Å². The third-order valence-corrected chi connectivity index (χ3v) is 4.21. The Morgan fingerprint density at radius 2 is 1.89 bits per heavy atom. The molecule has 0 amide bonds. The van der Waals surface area contributed by atoms with Crippen molar-refractivity contribution >= 4 is 22.6 Å². The van der Waals surface area contributed by atoms with Crippen LogP contribution in [0.2, 0.25) is 0 Å². The second kappa shape index (κ2) is 6.30. The monoisotopic (exact) mass is 362 g/mol. The minimum absolute atomic E-state index is 0.0818. The van der Waals surface area contributed by atoms with Crippen molar-refractivity contribution in [3.63, 3.8) is 0 Å². The van der Waals surface area contributed by atoms with Crippen molar-refractivity contribution in [2.75, 3.05) is 26.2 Å². The molecule has 0 saturated carbocycles. The number of rotatable bonds is 3. The average Bonchev–Trinajstić information content (AvgIpc) is 2.34. The van der Waals surface area contributed by atoms with E-state index in [2.05, 4.69) is 46.2 Å². The fourth-order valence-electron chi connectivity index (χ4n) is 2.34. The van der Waals surface area contributed by atoms with Crippen LogP contribution in [0.1, 0.15) is 19.4 Å². The van der Waals surface area contributed by atoms with Crippen molar-refractivity contribution in [2.45, 2.75) is 26.4 Å². The first-order chi connectivity index (χ1) is 8.56. The molecule has 1 aromatic carbocycles. The number of hydrogen-bond acceptors (Lipinski definition) is 2. The van der Waals surface area contributed by atoms with Gasteiger partial charge in [0.15, 0.2) is 0 Å². The molecule has 4 heteroatoms. The average molecular weight is 362 g/mol. The molecule has 0 N–H and O–H groups in total. The van der Waals surface area contributed by atoms with E-state index >= 15 is 0 Å². The summed E-state index contributed by atoms with van der Waals surface area (Å²) in [5, 5.41) is 0. The molecular formula is C14H20FIN2. The molecule has 1 fully saturated rings. The van der Waals surface area contributed by atoms with Crippen LogP contribution in [0.3, 0.4) is 0 Å². The summed E-state index contributed by atoms with van der Waals surface area (Å²) >= 11 is 2.23. The molecule has 1 aliphatic rings. The molecule has 2 rings (SSSR count). The van der Waals surface area contributed by atoms with Gasteiger partial charge >= 0.3 is 0 Å². The lowest BCUT2D eigenvalue weighted by Gasteiger charge is -2.37. The first-order valence-corrected chi connectivity index (χ1v) is 7.54. The van der Waals surface area contributed by atoms with Gasteiger partial charge in [0.25, 0.3) is 0 Å². The third kappa shape index (κ3) is 3.65. The molecule has 0 atom stereocenters. The number of piperazine rings is 1. The highest BCUT2D eigenvalue weighted by molar-refractivity contribution is 14.1. The Hall–Kier alpha value is -0.200. The second-order valence-corrected chi connectivity index (χ2v) is 6.39. The molecule has 0 aromatic heterocycles. The minimum atomic E-state index is -0.0818. The molecule has 18 heavy (non-hydrogen) atoms. The zero-order valence-corrected chi connectivity index (χ0v) is 13.2. The highest BCUT2D eigenvalue weighted by Crippen LogP contribution is 2.16. The summed E-state index contributed by atoms with van der Waals surface area (Å²) in [5.41, 5.74) is 0.819. The van der Waals surface area contributed by atoms with Crippen molar-refractivity contribution in [3.05, 3.63) is 33.1 Å². The lowest BCUT2D eigenvalue weighted by Crippen LogP contribution is -2.48. The van der Waals surface area contributed by atoms with Crippen LogP contribution in [0, 0.1) is 9.39 Å². The van der Waals surface area contributed by atoms with Crippen LogP contribution in [0.5, 0.6) is 0 Å². The molecule has 1 aliphatic heterocycles. The van der Waals surface area contributed by atoms with E-state index in [0.29, 0.717) is 6.04 Å². The Kier molecular flexibility index (Phi) is 4.98. The highest BCUT2D eigenvalue weighted by atomic mass is 127. The van der Waals surface area contributed by atoms with Gasteiger partial charge in [0.05, 0.1) is 0 Å². The van der Waals surface area contributed by atoms with E-state index in [0.717, 1.165) is 41.9 Å². The van der Waals surface area contributed by atoms with Crippen LogP contribution in [0.15, 0.2) is 18.2 Å². The van der Waals surface area contributed by atoms with E-state index in [9.17, 15) is 4.39 Å². The van der Waals surface area contributed by atoms with Crippen molar-refractivity contribution < 1.29 is 4.39 Å². The zero-order valence-electron chi connectivity index (χ0n) is 11.0. The quantitative estimate of drug-likeness (QED) is 0.763. The smallest absolute Gasteiger partial charge is 0.127 e. The maximum Gasteiger partial charge on any atom is 0.127 e. The van der Waals surface area contributed by atoms with Crippen LogP contribution in [0.25, 0.3) is 0 Å². The van der Waals surface area contributed by atoms with E-state index in [1.807, 2.05) is 12.1 Å². The standard InChI is InChI=1S/C14H20FIN2/c1-11(2)18-7-5-17(6-8-18)10-12-9-13(16)3-4-14(12)15/h3-4,9,11H,5-8,10H2,1-2H3. The first-order valence-electron chi connectivity index (χ1n) is 6.46. The first kappa shape index (κ1) is 14.2. The van der Waals surface area contributed by atoms with Crippen LogP contribution in [-0.2, 0) is 6.54 Å². The van der Waals surface area contributed by atoms with Crippen LogP contribution >= 0.6 is 22.6 Å². The van der Waals surface area contributed by atoms with E-state index in [1.165, 1.54) is 0 Å². The van der Waals surface area contributed by atoms with Crippen LogP contribution < -0.4 is 0 Å². The maximum absolute atomic E-state index is 13.7. The van der Waals surface area contributed by atoms with E-state index in [4.69, 9.17) is 0 Å².